The number of rotatable bonds is 6. The number of methoxy groups -OCH3 is 2. The summed E-state index contributed by atoms with van der Waals surface area (Å²) in [6.07, 6.45) is 2.33. The van der Waals surface area contributed by atoms with Crippen molar-refractivity contribution in [2.45, 2.75) is 18.3 Å². The van der Waals surface area contributed by atoms with Crippen molar-refractivity contribution in [3.05, 3.63) is 48.0 Å². The van der Waals surface area contributed by atoms with Gasteiger partial charge in [0, 0.05) is 23.4 Å². The summed E-state index contributed by atoms with van der Waals surface area (Å²) in [6.45, 7) is 0.787. The molecule has 0 atom stereocenters. The second-order valence-electron chi connectivity index (χ2n) is 6.66. The van der Waals surface area contributed by atoms with E-state index in [1.807, 2.05) is 12.1 Å². The van der Waals surface area contributed by atoms with Crippen molar-refractivity contribution in [1.29, 1.82) is 0 Å². The molecule has 1 saturated carbocycles. The maximum atomic E-state index is 6.15. The Balaban J connectivity index is 1.61. The van der Waals surface area contributed by atoms with Gasteiger partial charge in [-0.2, -0.15) is 4.98 Å². The van der Waals surface area contributed by atoms with Gasteiger partial charge in [-0.25, -0.2) is 4.98 Å². The summed E-state index contributed by atoms with van der Waals surface area (Å²) >= 11 is 0. The molecule has 0 unspecified atom stereocenters. The molecule has 0 spiro atoms. The maximum Gasteiger partial charge on any atom is 0.225 e. The molecule has 0 bridgehead atoms. The Hall–Kier alpha value is -3.02. The van der Waals surface area contributed by atoms with Crippen LogP contribution in [0.4, 0.5) is 11.8 Å². The third-order valence-corrected chi connectivity index (χ3v) is 5.06. The average molecular weight is 350 g/mol. The molecule has 0 radical (unpaired) electrons. The first-order chi connectivity index (χ1) is 12.6. The second-order valence-corrected chi connectivity index (χ2v) is 6.66. The number of aromatic nitrogens is 2. The maximum absolute atomic E-state index is 6.15. The van der Waals surface area contributed by atoms with Gasteiger partial charge in [-0.1, -0.05) is 30.3 Å². The quantitative estimate of drug-likeness (QED) is 0.709. The number of fused-ring (bicyclic) bond motifs is 1. The zero-order valence-corrected chi connectivity index (χ0v) is 15.0. The van der Waals surface area contributed by atoms with Crippen LogP contribution in [0.3, 0.4) is 0 Å². The van der Waals surface area contributed by atoms with Gasteiger partial charge in [0.1, 0.15) is 5.82 Å². The van der Waals surface area contributed by atoms with Crippen LogP contribution in [-0.2, 0) is 5.41 Å². The van der Waals surface area contributed by atoms with Crippen LogP contribution in [0.2, 0.25) is 0 Å². The number of anilines is 2. The number of nitrogens with one attached hydrogen (secondary N) is 1. The van der Waals surface area contributed by atoms with E-state index in [0.717, 1.165) is 30.3 Å². The predicted octanol–water partition coefficient (Wildman–Crippen LogP) is 3.37. The zero-order valence-electron chi connectivity index (χ0n) is 15.0. The van der Waals surface area contributed by atoms with Crippen molar-refractivity contribution in [2.24, 2.45) is 0 Å². The molecule has 6 nitrogen and oxygen atoms in total. The smallest absolute Gasteiger partial charge is 0.225 e. The molecule has 134 valence electrons. The van der Waals surface area contributed by atoms with Crippen LogP contribution in [0.25, 0.3) is 10.9 Å². The molecule has 1 aromatic heterocycles. The summed E-state index contributed by atoms with van der Waals surface area (Å²) in [5.41, 5.74) is 8.40. The fraction of sp³-hybridized carbons (Fsp3) is 0.300. The number of ether oxygens (including phenoxy) is 2. The van der Waals surface area contributed by atoms with Gasteiger partial charge in [-0.15, -0.1) is 0 Å². The lowest BCUT2D eigenvalue weighted by Gasteiger charge is -2.17. The number of benzene rings is 2. The third-order valence-electron chi connectivity index (χ3n) is 5.06. The van der Waals surface area contributed by atoms with Crippen LogP contribution in [-0.4, -0.2) is 30.7 Å². The first-order valence-corrected chi connectivity index (χ1v) is 8.64. The highest BCUT2D eigenvalue weighted by Gasteiger charge is 2.44. The van der Waals surface area contributed by atoms with E-state index in [9.17, 15) is 0 Å². The molecule has 0 saturated heterocycles. The van der Waals surface area contributed by atoms with Crippen LogP contribution in [0.1, 0.15) is 18.4 Å². The van der Waals surface area contributed by atoms with E-state index in [1.165, 1.54) is 5.56 Å². The molecule has 1 heterocycles. The highest BCUT2D eigenvalue weighted by Crippen LogP contribution is 2.48. The molecule has 6 heteroatoms. The van der Waals surface area contributed by atoms with Gasteiger partial charge in [-0.3, -0.25) is 0 Å². The summed E-state index contributed by atoms with van der Waals surface area (Å²) in [6, 6.07) is 14.2. The van der Waals surface area contributed by atoms with E-state index in [2.05, 4.69) is 39.6 Å². The fourth-order valence-corrected chi connectivity index (χ4v) is 3.32. The van der Waals surface area contributed by atoms with Crippen molar-refractivity contribution in [2.75, 3.05) is 31.8 Å². The summed E-state index contributed by atoms with van der Waals surface area (Å²) in [5, 5.41) is 4.12. The molecular weight excluding hydrogens is 328 g/mol. The zero-order chi connectivity index (χ0) is 18.1. The van der Waals surface area contributed by atoms with Crippen LogP contribution in [0.5, 0.6) is 11.5 Å². The molecular formula is C20H22N4O2. The van der Waals surface area contributed by atoms with Crippen LogP contribution in [0.15, 0.2) is 42.5 Å². The predicted molar refractivity (Wildman–Crippen MR) is 103 cm³/mol. The minimum atomic E-state index is 0.173. The highest BCUT2D eigenvalue weighted by atomic mass is 16.5. The number of hydrogen-bond donors (Lipinski definition) is 2. The highest BCUT2D eigenvalue weighted by molar-refractivity contribution is 5.91. The number of nitrogen functional groups attached to an aromatic ring is 1. The Morgan fingerprint density at radius 2 is 1.73 bits per heavy atom. The molecule has 1 fully saturated rings. The van der Waals surface area contributed by atoms with E-state index < -0.39 is 0 Å². The third kappa shape index (κ3) is 2.87. The Morgan fingerprint density at radius 3 is 2.38 bits per heavy atom. The van der Waals surface area contributed by atoms with E-state index >= 15 is 0 Å². The SMILES string of the molecule is COc1cc2nc(NCC3(c4ccccc4)CC3)nc(N)c2cc1OC. The topological polar surface area (TPSA) is 82.3 Å². The fourth-order valence-electron chi connectivity index (χ4n) is 3.32. The lowest BCUT2D eigenvalue weighted by Crippen LogP contribution is -2.20. The molecule has 2 aromatic carbocycles. The molecule has 1 aliphatic carbocycles. The number of nitrogens with two attached hydrogens (primary N) is 1. The number of hydrogen-bond acceptors (Lipinski definition) is 6. The normalized spacial score (nSPS) is 14.8. The Labute approximate surface area is 152 Å². The Morgan fingerprint density at radius 1 is 1.04 bits per heavy atom. The number of nitrogens with zero attached hydrogens (tertiary/aromatic N) is 2. The van der Waals surface area contributed by atoms with Gasteiger partial charge in [0.15, 0.2) is 11.5 Å². The molecule has 0 aliphatic heterocycles. The van der Waals surface area contributed by atoms with E-state index in [-0.39, 0.29) is 5.41 Å². The first kappa shape index (κ1) is 16.4. The van der Waals surface area contributed by atoms with Crippen molar-refractivity contribution >= 4 is 22.7 Å². The molecule has 4 rings (SSSR count). The summed E-state index contributed by atoms with van der Waals surface area (Å²) < 4.78 is 10.7. The molecule has 1 aliphatic rings. The van der Waals surface area contributed by atoms with Crippen LogP contribution < -0.4 is 20.5 Å². The largest absolute Gasteiger partial charge is 0.493 e. The van der Waals surface area contributed by atoms with Gasteiger partial charge in [0.05, 0.1) is 19.7 Å². The van der Waals surface area contributed by atoms with Gasteiger partial charge in [0.25, 0.3) is 0 Å². The van der Waals surface area contributed by atoms with Crippen molar-refractivity contribution < 1.29 is 9.47 Å². The summed E-state index contributed by atoms with van der Waals surface area (Å²) in [7, 11) is 3.19. The van der Waals surface area contributed by atoms with Crippen molar-refractivity contribution in [3.63, 3.8) is 0 Å². The van der Waals surface area contributed by atoms with Crippen LogP contribution >= 0.6 is 0 Å². The van der Waals surface area contributed by atoms with E-state index in [1.54, 1.807) is 20.3 Å². The average Bonchev–Trinajstić information content (AvgIpc) is 3.47. The van der Waals surface area contributed by atoms with Gasteiger partial charge in [-0.05, 0) is 24.5 Å². The molecule has 0 amide bonds. The van der Waals surface area contributed by atoms with Crippen LogP contribution in [0, 0.1) is 0 Å². The van der Waals surface area contributed by atoms with Crippen molar-refractivity contribution in [3.8, 4) is 11.5 Å². The summed E-state index contributed by atoms with van der Waals surface area (Å²) in [5.74, 6) is 2.18. The monoisotopic (exact) mass is 350 g/mol. The Kier molecular flexibility index (Phi) is 4.03. The van der Waals surface area contributed by atoms with Gasteiger partial charge < -0.3 is 20.5 Å². The van der Waals surface area contributed by atoms with E-state index in [0.29, 0.717) is 23.3 Å². The minimum Gasteiger partial charge on any atom is -0.493 e. The molecule has 3 aromatic rings. The first-order valence-electron chi connectivity index (χ1n) is 8.64. The standard InChI is InChI=1S/C20H22N4O2/c1-25-16-10-14-15(11-17(16)26-2)23-19(24-18(14)21)22-12-20(8-9-20)13-6-4-3-5-7-13/h3-7,10-11H,8-9,12H2,1-2H3,(H3,21,22,23,24). The van der Waals surface area contributed by atoms with Gasteiger partial charge >= 0.3 is 0 Å². The molecule has 26 heavy (non-hydrogen) atoms. The minimum absolute atomic E-state index is 0.173. The van der Waals surface area contributed by atoms with Gasteiger partial charge in [0.2, 0.25) is 5.95 Å². The summed E-state index contributed by atoms with van der Waals surface area (Å²) in [4.78, 5) is 9.02. The lowest BCUT2D eigenvalue weighted by molar-refractivity contribution is 0.356. The second kappa shape index (κ2) is 6.37. The van der Waals surface area contributed by atoms with Crippen molar-refractivity contribution in [1.82, 2.24) is 9.97 Å². The van der Waals surface area contributed by atoms with E-state index in [4.69, 9.17) is 15.2 Å². The lowest BCUT2D eigenvalue weighted by atomic mass is 9.96. The Bertz CT molecular complexity index is 939. The molecule has 3 N–H and O–H groups in total.